The van der Waals surface area contributed by atoms with Crippen molar-refractivity contribution < 1.29 is 33.7 Å². The molecule has 0 spiro atoms. The van der Waals surface area contributed by atoms with E-state index < -0.39 is 35.6 Å². The molecule has 36 heavy (non-hydrogen) atoms. The summed E-state index contributed by atoms with van der Waals surface area (Å²) in [6.45, 7) is -0.0696. The number of aliphatic hydroxyl groups excluding tert-OH is 1. The molecule has 1 aromatic heterocycles. The lowest BCUT2D eigenvalue weighted by atomic mass is 9.64. The average Bonchev–Trinajstić information content (AvgIpc) is 3.58. The van der Waals surface area contributed by atoms with Crippen molar-refractivity contribution in [2.75, 3.05) is 6.61 Å². The van der Waals surface area contributed by atoms with Crippen LogP contribution in [-0.4, -0.2) is 45.4 Å². The van der Waals surface area contributed by atoms with E-state index >= 15 is 0 Å². The van der Waals surface area contributed by atoms with Gasteiger partial charge < -0.3 is 24.1 Å². The predicted molar refractivity (Wildman–Crippen MR) is 127 cm³/mol. The number of carbonyl (C=O) groups excluding carboxylic acids is 2. The van der Waals surface area contributed by atoms with Crippen LogP contribution in [0.4, 0.5) is 0 Å². The molecule has 0 bridgehead atoms. The van der Waals surface area contributed by atoms with Crippen molar-refractivity contribution in [3.63, 3.8) is 0 Å². The first kappa shape index (κ1) is 23.7. The highest BCUT2D eigenvalue weighted by atomic mass is 16.6. The van der Waals surface area contributed by atoms with E-state index in [1.165, 1.54) is 4.90 Å². The Balaban J connectivity index is 1.31. The maximum absolute atomic E-state index is 13.8. The fourth-order valence-corrected chi connectivity index (χ4v) is 6.94. The molecule has 2 aromatic rings. The summed E-state index contributed by atoms with van der Waals surface area (Å²) in [6.07, 6.45) is 4.98. The third-order valence-electron chi connectivity index (χ3n) is 8.69. The van der Waals surface area contributed by atoms with Crippen molar-refractivity contribution in [1.29, 1.82) is 0 Å². The number of aliphatic hydroxyl groups is 2. The fraction of sp³-hybridized carbons (Fsp3) is 0.571. The Hall–Kier alpha value is -2.68. The number of fused-ring (bicyclic) bond motifs is 3. The Morgan fingerprint density at radius 3 is 2.50 bits per heavy atom. The molecule has 0 radical (unpaired) electrons. The summed E-state index contributed by atoms with van der Waals surface area (Å²) in [7, 11) is 0. The van der Waals surface area contributed by atoms with Crippen molar-refractivity contribution in [1.82, 2.24) is 4.90 Å². The molecule has 6 rings (SSSR count). The van der Waals surface area contributed by atoms with E-state index in [-0.39, 0.29) is 31.1 Å². The van der Waals surface area contributed by atoms with Gasteiger partial charge in [-0.2, -0.15) is 0 Å². The van der Waals surface area contributed by atoms with Gasteiger partial charge in [-0.05, 0) is 49.9 Å². The van der Waals surface area contributed by atoms with Crippen molar-refractivity contribution >= 4 is 11.8 Å². The molecule has 2 N–H and O–H groups in total. The van der Waals surface area contributed by atoms with Crippen molar-refractivity contribution in [3.8, 4) is 5.75 Å². The van der Waals surface area contributed by atoms with Crippen LogP contribution in [0.5, 0.6) is 5.75 Å². The van der Waals surface area contributed by atoms with E-state index in [0.29, 0.717) is 30.1 Å². The molecule has 4 fully saturated rings. The van der Waals surface area contributed by atoms with Gasteiger partial charge in [0, 0.05) is 17.9 Å². The van der Waals surface area contributed by atoms with Crippen LogP contribution in [0, 0.1) is 23.7 Å². The van der Waals surface area contributed by atoms with Crippen LogP contribution in [-0.2, 0) is 20.9 Å². The number of furan rings is 1. The molecule has 192 valence electrons. The lowest BCUT2D eigenvalue weighted by molar-refractivity contribution is -0.274. The zero-order valence-electron chi connectivity index (χ0n) is 20.3. The van der Waals surface area contributed by atoms with Crippen LogP contribution < -0.4 is 4.74 Å². The number of hydrogen-bond donors (Lipinski definition) is 2. The highest BCUT2D eigenvalue weighted by Gasteiger charge is 2.67. The van der Waals surface area contributed by atoms with Gasteiger partial charge in [0.1, 0.15) is 30.0 Å². The highest BCUT2D eigenvalue weighted by molar-refractivity contribution is 6.05. The van der Waals surface area contributed by atoms with Gasteiger partial charge in [-0.1, -0.05) is 37.5 Å². The Kier molecular flexibility index (Phi) is 6.14. The molecule has 2 aliphatic heterocycles. The number of imide groups is 1. The largest absolute Gasteiger partial charge is 0.493 e. The van der Waals surface area contributed by atoms with Crippen LogP contribution in [0.3, 0.4) is 0 Å². The normalized spacial score (nSPS) is 34.6. The lowest BCUT2D eigenvalue weighted by Crippen LogP contribution is -2.55. The summed E-state index contributed by atoms with van der Waals surface area (Å²) in [5, 5.41) is 21.4. The van der Waals surface area contributed by atoms with E-state index in [9.17, 15) is 19.8 Å². The first-order valence-electron chi connectivity index (χ1n) is 13.1. The fourth-order valence-electron chi connectivity index (χ4n) is 6.94. The summed E-state index contributed by atoms with van der Waals surface area (Å²) in [5.74, 6) is -2.47. The number of amides is 2. The van der Waals surface area contributed by atoms with Gasteiger partial charge >= 0.3 is 0 Å². The number of carbonyl (C=O) groups is 2. The Morgan fingerprint density at radius 2 is 1.78 bits per heavy atom. The molecule has 8 nitrogen and oxygen atoms in total. The van der Waals surface area contributed by atoms with E-state index in [1.807, 2.05) is 30.3 Å². The first-order valence-corrected chi connectivity index (χ1v) is 13.1. The number of benzene rings is 1. The molecular formula is C28H33NO7. The topological polar surface area (TPSA) is 109 Å². The monoisotopic (exact) mass is 495 g/mol. The molecule has 8 heteroatoms. The van der Waals surface area contributed by atoms with Gasteiger partial charge in [0.2, 0.25) is 11.8 Å². The molecule has 0 unspecified atom stereocenters. The molecule has 1 aromatic carbocycles. The maximum Gasteiger partial charge on any atom is 0.233 e. The minimum Gasteiger partial charge on any atom is -0.493 e. The molecule has 2 saturated carbocycles. The molecule has 6 atom stereocenters. The SMILES string of the molecule is O=C1[C@H]2[C@H](C[C@H](COc3ccccc3)[C@@]3(O)O[C@H](c4ccc(CO)o4)C[C@@H]23)C(=O)N1C1CCCCC1. The standard InChI is InChI=1S/C28H33NO7/c30-15-20-11-12-23(35-20)24-14-22-25-21(26(31)29(27(25)32)18-7-3-1-4-8-18)13-17(28(22,33)36-24)16-34-19-9-5-2-6-10-19/h2,5-6,9-12,17-18,21-22,24-25,30,33H,1,3-4,7-8,13-16H2/t17-,21+,22+,24+,25+,28-/m1/s1. The quantitative estimate of drug-likeness (QED) is 0.590. The van der Waals surface area contributed by atoms with Gasteiger partial charge in [0.15, 0.2) is 5.79 Å². The van der Waals surface area contributed by atoms with Crippen LogP contribution in [0.2, 0.25) is 0 Å². The van der Waals surface area contributed by atoms with Gasteiger partial charge in [0.25, 0.3) is 0 Å². The second-order valence-electron chi connectivity index (χ2n) is 10.7. The first-order chi connectivity index (χ1) is 17.5. The summed E-state index contributed by atoms with van der Waals surface area (Å²) in [4.78, 5) is 28.9. The predicted octanol–water partition coefficient (Wildman–Crippen LogP) is 3.57. The second-order valence-corrected chi connectivity index (χ2v) is 10.7. The number of para-hydroxylation sites is 1. The van der Waals surface area contributed by atoms with Crippen LogP contribution in [0.1, 0.15) is 62.6 Å². The third-order valence-corrected chi connectivity index (χ3v) is 8.69. The molecule has 2 amide bonds. The van der Waals surface area contributed by atoms with Crippen molar-refractivity contribution in [3.05, 3.63) is 54.0 Å². The average molecular weight is 496 g/mol. The molecule has 2 saturated heterocycles. The molecular weight excluding hydrogens is 462 g/mol. The number of hydrogen-bond acceptors (Lipinski definition) is 7. The Labute approximate surface area is 210 Å². The van der Waals surface area contributed by atoms with Crippen molar-refractivity contribution in [2.45, 2.75) is 69.5 Å². The van der Waals surface area contributed by atoms with Gasteiger partial charge in [-0.3, -0.25) is 14.5 Å². The summed E-state index contributed by atoms with van der Waals surface area (Å²) >= 11 is 0. The number of likely N-dealkylation sites (tertiary alicyclic amines) is 1. The van der Waals surface area contributed by atoms with E-state index in [4.69, 9.17) is 13.9 Å². The van der Waals surface area contributed by atoms with Crippen LogP contribution >= 0.6 is 0 Å². The number of rotatable bonds is 6. The summed E-state index contributed by atoms with van der Waals surface area (Å²) in [5.41, 5.74) is 0. The molecule has 4 aliphatic rings. The minimum absolute atomic E-state index is 0.0493. The maximum atomic E-state index is 13.8. The van der Waals surface area contributed by atoms with E-state index in [2.05, 4.69) is 0 Å². The Bertz CT molecular complexity index is 1110. The summed E-state index contributed by atoms with van der Waals surface area (Å²) in [6, 6.07) is 12.7. The van der Waals surface area contributed by atoms with Gasteiger partial charge in [-0.15, -0.1) is 0 Å². The number of nitrogens with zero attached hydrogens (tertiary/aromatic N) is 1. The van der Waals surface area contributed by atoms with Crippen molar-refractivity contribution in [2.24, 2.45) is 23.7 Å². The highest BCUT2D eigenvalue weighted by Crippen LogP contribution is 2.58. The number of ether oxygens (including phenoxy) is 2. The molecule has 3 heterocycles. The van der Waals surface area contributed by atoms with Crippen LogP contribution in [0.25, 0.3) is 0 Å². The third kappa shape index (κ3) is 3.86. The van der Waals surface area contributed by atoms with Crippen LogP contribution in [0.15, 0.2) is 46.9 Å². The van der Waals surface area contributed by atoms with E-state index in [0.717, 1.165) is 32.1 Å². The Morgan fingerprint density at radius 1 is 1.00 bits per heavy atom. The molecule has 2 aliphatic carbocycles. The van der Waals surface area contributed by atoms with Gasteiger partial charge in [-0.25, -0.2) is 0 Å². The zero-order chi connectivity index (χ0) is 24.9. The van der Waals surface area contributed by atoms with E-state index in [1.54, 1.807) is 12.1 Å². The van der Waals surface area contributed by atoms with Gasteiger partial charge in [0.05, 0.1) is 18.4 Å². The second kappa shape index (κ2) is 9.32. The smallest absolute Gasteiger partial charge is 0.233 e. The minimum atomic E-state index is -1.63. The zero-order valence-corrected chi connectivity index (χ0v) is 20.3. The lowest BCUT2D eigenvalue weighted by Gasteiger charge is -2.44. The summed E-state index contributed by atoms with van der Waals surface area (Å²) < 4.78 is 18.0.